The second-order valence-corrected chi connectivity index (χ2v) is 5.45. The highest BCUT2D eigenvalue weighted by molar-refractivity contribution is 7.16. The van der Waals surface area contributed by atoms with Crippen LogP contribution in [-0.4, -0.2) is 26.9 Å². The molecule has 104 valence electrons. The van der Waals surface area contributed by atoms with E-state index in [0.29, 0.717) is 18.5 Å². The van der Waals surface area contributed by atoms with Gasteiger partial charge >= 0.3 is 0 Å². The lowest BCUT2D eigenvalue weighted by Gasteiger charge is -2.03. The molecule has 0 aliphatic heterocycles. The van der Waals surface area contributed by atoms with Gasteiger partial charge in [-0.1, -0.05) is 0 Å². The summed E-state index contributed by atoms with van der Waals surface area (Å²) >= 11 is 1.49. The summed E-state index contributed by atoms with van der Waals surface area (Å²) in [5, 5.41) is 9.68. The lowest BCUT2D eigenvalue weighted by atomic mass is 10.2. The van der Waals surface area contributed by atoms with Gasteiger partial charge in [0.05, 0.1) is 36.3 Å². The van der Waals surface area contributed by atoms with Crippen molar-refractivity contribution < 1.29 is 4.74 Å². The third-order valence-corrected chi connectivity index (χ3v) is 4.07. The predicted molar refractivity (Wildman–Crippen MR) is 77.0 cm³/mol. The number of fused-ring (bicyclic) bond motifs is 1. The normalized spacial score (nSPS) is 11.3. The first kappa shape index (κ1) is 13.0. The van der Waals surface area contributed by atoms with Crippen LogP contribution in [0.15, 0.2) is 22.6 Å². The van der Waals surface area contributed by atoms with Crippen molar-refractivity contribution >= 4 is 21.6 Å². The zero-order chi connectivity index (χ0) is 14.1. The Hall–Kier alpha value is -1.99. The minimum absolute atomic E-state index is 0.0170. The number of aromatic nitrogens is 4. The molecule has 0 unspecified atom stereocenters. The Kier molecular flexibility index (Phi) is 3.37. The van der Waals surface area contributed by atoms with Crippen molar-refractivity contribution in [1.29, 1.82) is 0 Å². The number of thiophene rings is 1. The highest BCUT2D eigenvalue weighted by Crippen LogP contribution is 2.19. The topological polar surface area (TPSA) is 72.8 Å². The Morgan fingerprint density at radius 1 is 1.50 bits per heavy atom. The summed E-state index contributed by atoms with van der Waals surface area (Å²) in [5.41, 5.74) is 2.63. The number of nitrogens with one attached hydrogen (secondary N) is 1. The maximum Gasteiger partial charge on any atom is 0.262 e. The van der Waals surface area contributed by atoms with E-state index in [2.05, 4.69) is 15.2 Å². The maximum atomic E-state index is 12.4. The van der Waals surface area contributed by atoms with Gasteiger partial charge in [-0.25, -0.2) is 4.98 Å². The molecule has 0 aromatic carbocycles. The van der Waals surface area contributed by atoms with E-state index in [1.165, 1.54) is 11.3 Å². The van der Waals surface area contributed by atoms with E-state index in [0.717, 1.165) is 21.8 Å². The fraction of sp³-hybridized carbons (Fsp3) is 0.308. The summed E-state index contributed by atoms with van der Waals surface area (Å²) in [4.78, 5) is 17.5. The number of aromatic amines is 1. The number of rotatable bonds is 4. The minimum atomic E-state index is -0.0170. The Morgan fingerprint density at radius 2 is 2.35 bits per heavy atom. The first-order chi connectivity index (χ1) is 9.69. The van der Waals surface area contributed by atoms with Crippen LogP contribution < -0.4 is 5.56 Å². The average Bonchev–Trinajstić information content (AvgIpc) is 3.01. The molecule has 0 amide bonds. The van der Waals surface area contributed by atoms with Gasteiger partial charge < -0.3 is 4.74 Å². The van der Waals surface area contributed by atoms with E-state index >= 15 is 0 Å². The number of H-pyrrole nitrogens is 1. The van der Waals surface area contributed by atoms with Gasteiger partial charge in [0.15, 0.2) is 0 Å². The van der Waals surface area contributed by atoms with Gasteiger partial charge in [0.1, 0.15) is 4.83 Å². The molecule has 0 saturated heterocycles. The van der Waals surface area contributed by atoms with Crippen molar-refractivity contribution in [1.82, 2.24) is 19.7 Å². The molecule has 0 spiro atoms. The van der Waals surface area contributed by atoms with Gasteiger partial charge in [-0.05, 0) is 23.9 Å². The van der Waals surface area contributed by atoms with Crippen molar-refractivity contribution in [2.45, 2.75) is 20.1 Å². The number of methoxy groups -OCH3 is 1. The van der Waals surface area contributed by atoms with Crippen molar-refractivity contribution in [2.24, 2.45) is 0 Å². The molecule has 20 heavy (non-hydrogen) atoms. The fourth-order valence-corrected chi connectivity index (χ4v) is 2.99. The van der Waals surface area contributed by atoms with E-state index < -0.39 is 0 Å². The van der Waals surface area contributed by atoms with Crippen LogP contribution in [0.3, 0.4) is 0 Å². The molecule has 3 rings (SSSR count). The number of aryl methyl sites for hydroxylation is 1. The highest BCUT2D eigenvalue weighted by atomic mass is 32.1. The highest BCUT2D eigenvalue weighted by Gasteiger charge is 2.10. The lowest BCUT2D eigenvalue weighted by Crippen LogP contribution is -2.21. The van der Waals surface area contributed by atoms with E-state index in [9.17, 15) is 4.79 Å². The van der Waals surface area contributed by atoms with Gasteiger partial charge in [0.2, 0.25) is 0 Å². The first-order valence-electron chi connectivity index (χ1n) is 6.14. The molecule has 0 aliphatic rings. The van der Waals surface area contributed by atoms with Gasteiger partial charge in [0.25, 0.3) is 5.56 Å². The van der Waals surface area contributed by atoms with E-state index in [4.69, 9.17) is 4.74 Å². The number of ether oxygens (including phenoxy) is 1. The van der Waals surface area contributed by atoms with Crippen LogP contribution in [0.25, 0.3) is 10.2 Å². The first-order valence-corrected chi connectivity index (χ1v) is 7.02. The Balaban J connectivity index is 1.95. The smallest absolute Gasteiger partial charge is 0.262 e. The van der Waals surface area contributed by atoms with Gasteiger partial charge in [-0.2, -0.15) is 5.10 Å². The summed E-state index contributed by atoms with van der Waals surface area (Å²) in [7, 11) is 1.62. The summed E-state index contributed by atoms with van der Waals surface area (Å²) in [6, 6.07) is 1.89. The van der Waals surface area contributed by atoms with E-state index in [1.807, 2.05) is 18.4 Å². The molecule has 6 nitrogen and oxygen atoms in total. The average molecular weight is 290 g/mol. The van der Waals surface area contributed by atoms with E-state index in [1.54, 1.807) is 18.0 Å². The van der Waals surface area contributed by atoms with Crippen LogP contribution in [0.2, 0.25) is 0 Å². The monoisotopic (exact) mass is 290 g/mol. The molecule has 1 N–H and O–H groups in total. The molecule has 7 heteroatoms. The SMILES string of the molecule is COCc1cc(Cn2cnc3scc(C)c3c2=O)[nH]n1. The molecule has 0 radical (unpaired) electrons. The van der Waals surface area contributed by atoms with Crippen LogP contribution in [0.1, 0.15) is 17.0 Å². The Labute approximate surface area is 119 Å². The molecule has 3 heterocycles. The van der Waals surface area contributed by atoms with Crippen LogP contribution in [0, 0.1) is 6.92 Å². The summed E-state index contributed by atoms with van der Waals surface area (Å²) in [5.74, 6) is 0. The van der Waals surface area contributed by atoms with Crippen LogP contribution in [0.5, 0.6) is 0 Å². The standard InChI is InChI=1S/C13H14N4O2S/c1-8-6-20-12-11(8)13(18)17(7-14-12)4-9-3-10(5-19-2)16-15-9/h3,6-7H,4-5H2,1-2H3,(H,15,16). The Morgan fingerprint density at radius 3 is 3.15 bits per heavy atom. The predicted octanol–water partition coefficient (Wildman–Crippen LogP) is 1.68. The summed E-state index contributed by atoms with van der Waals surface area (Å²) in [6.07, 6.45) is 1.58. The number of hydrogen-bond acceptors (Lipinski definition) is 5. The largest absolute Gasteiger partial charge is 0.378 e. The Bertz CT molecular complexity index is 802. The lowest BCUT2D eigenvalue weighted by molar-refractivity contribution is 0.181. The number of hydrogen-bond donors (Lipinski definition) is 1. The summed E-state index contributed by atoms with van der Waals surface area (Å²) < 4.78 is 6.61. The molecule has 0 aliphatic carbocycles. The minimum Gasteiger partial charge on any atom is -0.378 e. The van der Waals surface area contributed by atoms with Crippen molar-refractivity contribution in [3.05, 3.63) is 45.1 Å². The fourth-order valence-electron chi connectivity index (χ4n) is 2.11. The molecular weight excluding hydrogens is 276 g/mol. The van der Waals surface area contributed by atoms with Gasteiger partial charge in [-0.15, -0.1) is 11.3 Å². The molecule has 3 aromatic heterocycles. The quantitative estimate of drug-likeness (QED) is 0.793. The van der Waals surface area contributed by atoms with Crippen LogP contribution >= 0.6 is 11.3 Å². The summed E-state index contributed by atoms with van der Waals surface area (Å²) in [6.45, 7) is 2.80. The third-order valence-electron chi connectivity index (χ3n) is 3.06. The van der Waals surface area contributed by atoms with Crippen molar-refractivity contribution in [2.75, 3.05) is 7.11 Å². The van der Waals surface area contributed by atoms with Gasteiger partial charge in [0, 0.05) is 7.11 Å². The second kappa shape index (κ2) is 5.18. The maximum absolute atomic E-state index is 12.4. The molecule has 0 saturated carbocycles. The van der Waals surface area contributed by atoms with E-state index in [-0.39, 0.29) is 5.56 Å². The molecule has 0 fully saturated rings. The van der Waals surface area contributed by atoms with Crippen molar-refractivity contribution in [3.63, 3.8) is 0 Å². The molecule has 0 bridgehead atoms. The zero-order valence-electron chi connectivity index (χ0n) is 11.2. The van der Waals surface area contributed by atoms with Crippen LogP contribution in [0.4, 0.5) is 0 Å². The molecular formula is C13H14N4O2S. The van der Waals surface area contributed by atoms with Crippen molar-refractivity contribution in [3.8, 4) is 0 Å². The molecule has 0 atom stereocenters. The zero-order valence-corrected chi connectivity index (χ0v) is 12.0. The van der Waals surface area contributed by atoms with Gasteiger partial charge in [-0.3, -0.25) is 14.5 Å². The second-order valence-electron chi connectivity index (χ2n) is 4.59. The third kappa shape index (κ3) is 2.25. The van der Waals surface area contributed by atoms with Crippen LogP contribution in [-0.2, 0) is 17.9 Å². The number of nitrogens with zero attached hydrogens (tertiary/aromatic N) is 3. The molecule has 3 aromatic rings.